The lowest BCUT2D eigenvalue weighted by atomic mass is 9.46. The van der Waals surface area contributed by atoms with Crippen LogP contribution in [0.5, 0.6) is 5.75 Å². The van der Waals surface area contributed by atoms with Gasteiger partial charge in [0.25, 0.3) is 0 Å². The van der Waals surface area contributed by atoms with E-state index in [1.54, 1.807) is 12.3 Å². The molecule has 0 amide bonds. The van der Waals surface area contributed by atoms with Gasteiger partial charge in [0, 0.05) is 16.9 Å². The van der Waals surface area contributed by atoms with Gasteiger partial charge >= 0.3 is 0 Å². The summed E-state index contributed by atoms with van der Waals surface area (Å²) in [6, 6.07) is 3.61. The first-order chi connectivity index (χ1) is 8.71. The number of hydrogen-bond acceptors (Lipinski definition) is 3. The zero-order valence-electron chi connectivity index (χ0n) is 12.0. The lowest BCUT2D eigenvalue weighted by molar-refractivity contribution is -0.190. The zero-order valence-corrected chi connectivity index (χ0v) is 12.7. The first kappa shape index (κ1) is 14.1. The summed E-state index contributed by atoms with van der Waals surface area (Å²) in [7, 11) is 0. The fourth-order valence-electron chi connectivity index (χ4n) is 3.28. The molecule has 0 atom stereocenters. The van der Waals surface area contributed by atoms with Crippen LogP contribution in [-0.4, -0.2) is 11.1 Å². The largest absolute Gasteiger partial charge is 0.488 e. The van der Waals surface area contributed by atoms with Crippen LogP contribution in [0, 0.1) is 28.1 Å². The summed E-state index contributed by atoms with van der Waals surface area (Å²) in [6.45, 7) is 11.1. The predicted molar refractivity (Wildman–Crippen MR) is 75.1 cm³/mol. The minimum absolute atomic E-state index is 0.112. The van der Waals surface area contributed by atoms with Crippen molar-refractivity contribution in [2.45, 2.75) is 40.7 Å². The molecule has 4 heteroatoms. The SMILES string of the molecule is CC1C(C)(C)C(Oc2cnc(C#N)c(Cl)c2)C1(C)C. The van der Waals surface area contributed by atoms with Gasteiger partial charge in [0.2, 0.25) is 0 Å². The molecule has 1 fully saturated rings. The highest BCUT2D eigenvalue weighted by Gasteiger charge is 2.61. The Bertz CT molecular complexity index is 530. The molecule has 1 aliphatic carbocycles. The molecule has 1 saturated carbocycles. The topological polar surface area (TPSA) is 45.9 Å². The van der Waals surface area contributed by atoms with Crippen LogP contribution in [0.3, 0.4) is 0 Å². The molecule has 0 radical (unpaired) electrons. The summed E-state index contributed by atoms with van der Waals surface area (Å²) in [5.41, 5.74) is 0.461. The van der Waals surface area contributed by atoms with Crippen molar-refractivity contribution in [2.24, 2.45) is 16.7 Å². The molecular weight excluding hydrogens is 260 g/mol. The van der Waals surface area contributed by atoms with Crippen LogP contribution in [-0.2, 0) is 0 Å². The molecular formula is C15H19ClN2O. The van der Waals surface area contributed by atoms with Crippen LogP contribution < -0.4 is 4.74 Å². The maximum Gasteiger partial charge on any atom is 0.159 e. The van der Waals surface area contributed by atoms with Gasteiger partial charge in [-0.05, 0) is 5.92 Å². The Morgan fingerprint density at radius 3 is 2.37 bits per heavy atom. The summed E-state index contributed by atoms with van der Waals surface area (Å²) < 4.78 is 6.08. The molecule has 0 aliphatic heterocycles. The molecule has 0 aromatic carbocycles. The molecule has 1 aromatic heterocycles. The molecule has 102 valence electrons. The van der Waals surface area contributed by atoms with Gasteiger partial charge in [-0.15, -0.1) is 0 Å². The third kappa shape index (κ3) is 2.08. The second-order valence-corrected chi connectivity index (χ2v) is 6.88. The van der Waals surface area contributed by atoms with Gasteiger partial charge in [-0.1, -0.05) is 46.2 Å². The van der Waals surface area contributed by atoms with Gasteiger partial charge in [-0.25, -0.2) is 4.98 Å². The minimum Gasteiger partial charge on any atom is -0.488 e. The number of nitriles is 1. The van der Waals surface area contributed by atoms with E-state index in [1.807, 2.05) is 6.07 Å². The zero-order chi connectivity index (χ0) is 14.4. The Morgan fingerprint density at radius 2 is 1.89 bits per heavy atom. The Labute approximate surface area is 119 Å². The van der Waals surface area contributed by atoms with E-state index in [0.717, 1.165) is 0 Å². The van der Waals surface area contributed by atoms with Crippen molar-refractivity contribution >= 4 is 11.6 Å². The van der Waals surface area contributed by atoms with E-state index < -0.39 is 0 Å². The van der Waals surface area contributed by atoms with Crippen molar-refractivity contribution in [3.05, 3.63) is 23.0 Å². The van der Waals surface area contributed by atoms with Crippen LogP contribution in [0.2, 0.25) is 5.02 Å². The third-order valence-corrected chi connectivity index (χ3v) is 5.05. The third-order valence-electron chi connectivity index (χ3n) is 4.76. The van der Waals surface area contributed by atoms with Crippen molar-refractivity contribution in [1.29, 1.82) is 5.26 Å². The number of ether oxygens (including phenoxy) is 1. The average Bonchev–Trinajstić information content (AvgIpc) is 2.34. The van der Waals surface area contributed by atoms with E-state index in [-0.39, 0.29) is 22.6 Å². The maximum atomic E-state index is 8.81. The second kappa shape index (κ2) is 4.38. The van der Waals surface area contributed by atoms with Gasteiger partial charge < -0.3 is 4.74 Å². The van der Waals surface area contributed by atoms with E-state index in [1.165, 1.54) is 0 Å². The van der Waals surface area contributed by atoms with Crippen molar-refractivity contribution < 1.29 is 4.74 Å². The molecule has 1 aliphatic rings. The number of hydrogen-bond donors (Lipinski definition) is 0. The van der Waals surface area contributed by atoms with Gasteiger partial charge in [0.05, 0.1) is 11.2 Å². The van der Waals surface area contributed by atoms with Crippen LogP contribution in [0.15, 0.2) is 12.3 Å². The average molecular weight is 279 g/mol. The number of nitrogens with zero attached hydrogens (tertiary/aromatic N) is 2. The lowest BCUT2D eigenvalue weighted by Crippen LogP contribution is -2.64. The normalized spacial score (nSPS) is 27.2. The molecule has 1 heterocycles. The van der Waals surface area contributed by atoms with Crippen LogP contribution in [0.1, 0.15) is 40.3 Å². The Balaban J connectivity index is 2.23. The van der Waals surface area contributed by atoms with Gasteiger partial charge in [-0.2, -0.15) is 5.26 Å². The standard InChI is InChI=1S/C15H19ClN2O/c1-9-14(2,3)13(15(9,4)5)19-10-6-11(16)12(7-17)18-8-10/h6,8-9,13H,1-5H3. The smallest absolute Gasteiger partial charge is 0.159 e. The number of pyridine rings is 1. The summed E-state index contributed by atoms with van der Waals surface area (Å²) >= 11 is 5.98. The van der Waals surface area contributed by atoms with E-state index in [9.17, 15) is 0 Å². The predicted octanol–water partition coefficient (Wildman–Crippen LogP) is 4.06. The minimum atomic E-state index is 0.112. The van der Waals surface area contributed by atoms with Crippen molar-refractivity contribution in [1.82, 2.24) is 4.98 Å². The molecule has 2 rings (SSSR count). The lowest BCUT2D eigenvalue weighted by Gasteiger charge is -2.62. The summed E-state index contributed by atoms with van der Waals surface area (Å²) in [5.74, 6) is 1.20. The molecule has 19 heavy (non-hydrogen) atoms. The summed E-state index contributed by atoms with van der Waals surface area (Å²) in [4.78, 5) is 4.00. The fraction of sp³-hybridized carbons (Fsp3) is 0.600. The Morgan fingerprint density at radius 1 is 1.32 bits per heavy atom. The van der Waals surface area contributed by atoms with Gasteiger partial charge in [0.15, 0.2) is 5.69 Å². The van der Waals surface area contributed by atoms with Gasteiger partial charge in [0.1, 0.15) is 17.9 Å². The quantitative estimate of drug-likeness (QED) is 0.820. The second-order valence-electron chi connectivity index (χ2n) is 6.48. The molecule has 3 nitrogen and oxygen atoms in total. The molecule has 0 saturated heterocycles. The van der Waals surface area contributed by atoms with E-state index in [0.29, 0.717) is 16.7 Å². The number of rotatable bonds is 2. The summed E-state index contributed by atoms with van der Waals surface area (Å²) in [6.07, 6.45) is 1.68. The van der Waals surface area contributed by atoms with Crippen LogP contribution >= 0.6 is 11.6 Å². The van der Waals surface area contributed by atoms with E-state index in [2.05, 4.69) is 39.6 Å². The van der Waals surface area contributed by atoms with Crippen molar-refractivity contribution in [2.75, 3.05) is 0 Å². The molecule has 0 unspecified atom stereocenters. The van der Waals surface area contributed by atoms with E-state index >= 15 is 0 Å². The monoisotopic (exact) mass is 278 g/mol. The number of halogens is 1. The van der Waals surface area contributed by atoms with Crippen LogP contribution in [0.4, 0.5) is 0 Å². The van der Waals surface area contributed by atoms with Gasteiger partial charge in [-0.3, -0.25) is 0 Å². The first-order valence-electron chi connectivity index (χ1n) is 6.43. The first-order valence-corrected chi connectivity index (χ1v) is 6.81. The molecule has 0 N–H and O–H groups in total. The summed E-state index contributed by atoms with van der Waals surface area (Å²) in [5, 5.41) is 9.15. The van der Waals surface area contributed by atoms with Crippen LogP contribution in [0.25, 0.3) is 0 Å². The molecule has 0 bridgehead atoms. The van der Waals surface area contributed by atoms with E-state index in [4.69, 9.17) is 21.6 Å². The highest BCUT2D eigenvalue weighted by molar-refractivity contribution is 6.31. The molecule has 0 spiro atoms. The Hall–Kier alpha value is -1.27. The molecule has 1 aromatic rings. The maximum absolute atomic E-state index is 8.81. The Kier molecular flexibility index (Phi) is 3.26. The highest BCUT2D eigenvalue weighted by Crippen LogP contribution is 2.59. The van der Waals surface area contributed by atoms with Crippen molar-refractivity contribution in [3.63, 3.8) is 0 Å². The number of aromatic nitrogens is 1. The highest BCUT2D eigenvalue weighted by atomic mass is 35.5. The fourth-order valence-corrected chi connectivity index (χ4v) is 3.48. The van der Waals surface area contributed by atoms with Crippen molar-refractivity contribution in [3.8, 4) is 11.8 Å².